The number of carbonyl (C=O) groups is 4. The van der Waals surface area contributed by atoms with Crippen LogP contribution in [0.2, 0.25) is 0 Å². The molecule has 4 aliphatic rings. The largest absolute Gasteiger partial charge is 0.444 e. The number of hydrogen-bond acceptors (Lipinski definition) is 9. The molecule has 3 N–H and O–H groups in total. The number of allylic oxidation sites excluding steroid dienone is 1. The number of cyclic esters (lactones) is 1. The smallest absolute Gasteiger partial charge is 0.408 e. The van der Waals surface area contributed by atoms with Gasteiger partial charge in [0.1, 0.15) is 34.6 Å². The molecule has 4 amide bonds. The van der Waals surface area contributed by atoms with E-state index in [-0.39, 0.29) is 19.4 Å². The first kappa shape index (κ1) is 39.9. The number of rotatable bonds is 7. The molecule has 15 heteroatoms. The lowest BCUT2D eigenvalue weighted by Crippen LogP contribution is -2.60. The highest BCUT2D eigenvalue weighted by molar-refractivity contribution is 7.91. The van der Waals surface area contributed by atoms with Crippen molar-refractivity contribution in [1.29, 1.82) is 0 Å². The van der Waals surface area contributed by atoms with E-state index >= 15 is 0 Å². The number of nitrogens with one attached hydrogen (secondary N) is 3. The number of benzene rings is 2. The first-order valence-corrected chi connectivity index (χ1v) is 21.1. The van der Waals surface area contributed by atoms with Crippen LogP contribution >= 0.6 is 0 Å². The molecule has 0 unspecified atom stereocenters. The van der Waals surface area contributed by atoms with Gasteiger partial charge in [0.15, 0.2) is 0 Å². The second kappa shape index (κ2) is 14.9. The standard InChI is InChI=1S/C42H51N7O7S/c1-7-29-24-42(29,38(52)47-57(54,55)31-19-20-31)44-36(50)32-23-30-25-48(32)37(51)35(40(2,3)4)43-39(53)56-41(5,6)21-12-11-14-26-15-13-18-28(22-26)34-33(45-49(30)46-34)27-16-9-8-10-17-27/h7-11,13-18,22,29-32,35H,1,12,19-21,23-25H2,2-6H3,(H,43,53)(H,44,50)(H,47,52)/b14-11+/t29-,30-,32+,35-,42-/m1/s1. The Balaban J connectivity index is 1.30. The molecular formula is C42H51N7O7S. The second-order valence-corrected chi connectivity index (χ2v) is 19.3. The van der Waals surface area contributed by atoms with Crippen molar-refractivity contribution in [3.05, 3.63) is 78.9 Å². The molecule has 57 heavy (non-hydrogen) atoms. The maximum atomic E-state index is 14.8. The van der Waals surface area contributed by atoms with E-state index in [1.807, 2.05) is 101 Å². The SMILES string of the molecule is C=C[C@@H]1C[C@]1(NC(=O)[C@@H]1C[C@@H]2CN1C(=O)[C@H](C(C)(C)C)NC(=O)OC(C)(C)CC/C=C/c1cccc(c1)-c1nn2nc1-c1ccccc1)C(=O)NS(=O)(=O)C1CC1. The molecule has 2 aromatic carbocycles. The zero-order valence-electron chi connectivity index (χ0n) is 33.0. The van der Waals surface area contributed by atoms with Gasteiger partial charge in [-0.3, -0.25) is 19.1 Å². The zero-order valence-corrected chi connectivity index (χ0v) is 33.8. The molecule has 1 saturated heterocycles. The first-order valence-electron chi connectivity index (χ1n) is 19.5. The number of carbonyl (C=O) groups excluding carboxylic acids is 4. The summed E-state index contributed by atoms with van der Waals surface area (Å²) in [6.45, 7) is 12.9. The van der Waals surface area contributed by atoms with Gasteiger partial charge in [-0.05, 0) is 63.0 Å². The molecule has 7 rings (SSSR count). The van der Waals surface area contributed by atoms with Gasteiger partial charge in [0.05, 0.1) is 11.3 Å². The fraction of sp³-hybridized carbons (Fsp3) is 0.476. The second-order valence-electron chi connectivity index (χ2n) is 17.3. The summed E-state index contributed by atoms with van der Waals surface area (Å²) in [4.78, 5) is 59.5. The van der Waals surface area contributed by atoms with Crippen molar-refractivity contribution in [3.63, 3.8) is 0 Å². The Morgan fingerprint density at radius 2 is 1.70 bits per heavy atom. The number of hydrogen-bond donors (Lipinski definition) is 3. The third-order valence-corrected chi connectivity index (χ3v) is 13.1. The minimum Gasteiger partial charge on any atom is -0.444 e. The van der Waals surface area contributed by atoms with Crippen LogP contribution in [-0.4, -0.2) is 87.1 Å². The van der Waals surface area contributed by atoms with Crippen molar-refractivity contribution < 1.29 is 32.3 Å². The summed E-state index contributed by atoms with van der Waals surface area (Å²) in [5.74, 6) is -2.55. The molecule has 3 aromatic rings. The van der Waals surface area contributed by atoms with Crippen molar-refractivity contribution in [1.82, 2.24) is 35.2 Å². The number of ether oxygens (including phenoxy) is 1. The molecule has 0 spiro atoms. The highest BCUT2D eigenvalue weighted by Crippen LogP contribution is 2.46. The number of sulfonamides is 1. The summed E-state index contributed by atoms with van der Waals surface area (Å²) in [5, 5.41) is 15.0. The maximum Gasteiger partial charge on any atom is 0.408 e. The van der Waals surface area contributed by atoms with Crippen LogP contribution < -0.4 is 15.4 Å². The fourth-order valence-electron chi connectivity index (χ4n) is 7.67. The molecular weight excluding hydrogens is 747 g/mol. The lowest BCUT2D eigenvalue weighted by atomic mass is 9.85. The van der Waals surface area contributed by atoms with Gasteiger partial charge in [-0.25, -0.2) is 13.2 Å². The van der Waals surface area contributed by atoms with Gasteiger partial charge in [0.2, 0.25) is 21.8 Å². The highest BCUT2D eigenvalue weighted by atomic mass is 32.2. The Kier molecular flexibility index (Phi) is 10.4. The average Bonchev–Trinajstić information content (AvgIpc) is 4.04. The van der Waals surface area contributed by atoms with Gasteiger partial charge in [-0.2, -0.15) is 15.0 Å². The van der Waals surface area contributed by atoms with Crippen LogP contribution in [0, 0.1) is 11.3 Å². The van der Waals surface area contributed by atoms with E-state index in [1.54, 1.807) is 4.80 Å². The minimum absolute atomic E-state index is 0.00299. The Hall–Kier alpha value is -5.31. The predicted molar refractivity (Wildman–Crippen MR) is 215 cm³/mol. The number of amides is 4. The van der Waals surface area contributed by atoms with Gasteiger partial charge in [-0.15, -0.1) is 6.58 Å². The van der Waals surface area contributed by atoms with E-state index in [2.05, 4.69) is 21.9 Å². The van der Waals surface area contributed by atoms with Gasteiger partial charge >= 0.3 is 6.09 Å². The Morgan fingerprint density at radius 3 is 2.35 bits per heavy atom. The highest BCUT2D eigenvalue weighted by Gasteiger charge is 2.62. The van der Waals surface area contributed by atoms with E-state index < -0.39 is 79.7 Å². The molecule has 2 aliphatic carbocycles. The molecule has 14 nitrogen and oxygen atoms in total. The zero-order chi connectivity index (χ0) is 40.9. The first-order chi connectivity index (χ1) is 26.9. The summed E-state index contributed by atoms with van der Waals surface area (Å²) in [6.07, 6.45) is 7.03. The van der Waals surface area contributed by atoms with Crippen LogP contribution in [0.5, 0.6) is 0 Å². The molecule has 1 aromatic heterocycles. The van der Waals surface area contributed by atoms with E-state index in [0.717, 1.165) is 16.7 Å². The summed E-state index contributed by atoms with van der Waals surface area (Å²) >= 11 is 0. The molecule has 2 saturated carbocycles. The number of nitrogens with zero attached hydrogens (tertiary/aromatic N) is 4. The minimum atomic E-state index is -3.91. The summed E-state index contributed by atoms with van der Waals surface area (Å²) in [6, 6.07) is 14.7. The monoisotopic (exact) mass is 797 g/mol. The number of fused-ring (bicyclic) bond motifs is 8. The Bertz CT molecular complexity index is 2220. The molecule has 3 fully saturated rings. The van der Waals surface area contributed by atoms with E-state index in [1.165, 1.54) is 11.0 Å². The number of alkyl carbamates (subject to hydrolysis) is 1. The molecule has 2 aliphatic heterocycles. The lowest BCUT2D eigenvalue weighted by molar-refractivity contribution is -0.143. The van der Waals surface area contributed by atoms with E-state index in [0.29, 0.717) is 37.1 Å². The molecule has 5 atom stereocenters. The molecule has 302 valence electrons. The predicted octanol–water partition coefficient (Wildman–Crippen LogP) is 5.15. The Labute approximate surface area is 333 Å². The molecule has 3 heterocycles. The van der Waals surface area contributed by atoms with Crippen LogP contribution in [-0.2, 0) is 29.1 Å². The van der Waals surface area contributed by atoms with Crippen LogP contribution in [0.15, 0.2) is 73.3 Å². The van der Waals surface area contributed by atoms with Crippen LogP contribution in [0.25, 0.3) is 28.6 Å². The van der Waals surface area contributed by atoms with Crippen molar-refractivity contribution in [2.24, 2.45) is 11.3 Å². The maximum absolute atomic E-state index is 14.8. The molecule has 0 radical (unpaired) electrons. The van der Waals surface area contributed by atoms with Crippen LogP contribution in [0.1, 0.15) is 84.7 Å². The normalized spacial score (nSPS) is 26.8. The van der Waals surface area contributed by atoms with Gasteiger partial charge < -0.3 is 20.3 Å². The third kappa shape index (κ3) is 8.39. The van der Waals surface area contributed by atoms with Gasteiger partial charge in [0.25, 0.3) is 5.91 Å². The number of aromatic nitrogens is 3. The van der Waals surface area contributed by atoms with Crippen molar-refractivity contribution in [2.45, 2.75) is 108 Å². The fourth-order valence-corrected chi connectivity index (χ4v) is 9.03. The van der Waals surface area contributed by atoms with Crippen molar-refractivity contribution in [2.75, 3.05) is 6.54 Å². The average molecular weight is 798 g/mol. The molecule has 6 bridgehead atoms. The lowest BCUT2D eigenvalue weighted by Gasteiger charge is -2.36. The van der Waals surface area contributed by atoms with Crippen molar-refractivity contribution >= 4 is 39.9 Å². The van der Waals surface area contributed by atoms with Gasteiger partial charge in [0, 0.05) is 30.0 Å². The Morgan fingerprint density at radius 1 is 1.02 bits per heavy atom. The summed E-state index contributed by atoms with van der Waals surface area (Å²) in [7, 11) is -3.91. The summed E-state index contributed by atoms with van der Waals surface area (Å²) < 4.78 is 33.7. The third-order valence-electron chi connectivity index (χ3n) is 11.2. The van der Waals surface area contributed by atoms with Crippen molar-refractivity contribution in [3.8, 4) is 22.5 Å². The quantitative estimate of drug-likeness (QED) is 0.273. The van der Waals surface area contributed by atoms with Crippen LogP contribution in [0.4, 0.5) is 4.79 Å². The topological polar surface area (TPSA) is 182 Å². The van der Waals surface area contributed by atoms with Crippen LogP contribution in [0.3, 0.4) is 0 Å². The van der Waals surface area contributed by atoms with Gasteiger partial charge in [-0.1, -0.05) is 87.5 Å². The van der Waals surface area contributed by atoms with E-state index in [4.69, 9.17) is 14.9 Å². The van der Waals surface area contributed by atoms with E-state index in [9.17, 15) is 27.6 Å². The summed E-state index contributed by atoms with van der Waals surface area (Å²) in [5.41, 5.74) is 0.574.